The maximum Gasteiger partial charge on any atom is 0.223 e. The van der Waals surface area contributed by atoms with Crippen molar-refractivity contribution in [1.82, 2.24) is 9.88 Å². The summed E-state index contributed by atoms with van der Waals surface area (Å²) >= 11 is 6.36. The molecule has 0 saturated carbocycles. The van der Waals surface area contributed by atoms with Crippen LogP contribution in [0.4, 0.5) is 5.69 Å². The summed E-state index contributed by atoms with van der Waals surface area (Å²) in [4.78, 5) is 11.9. The summed E-state index contributed by atoms with van der Waals surface area (Å²) in [7, 11) is 0. The molecule has 1 aliphatic rings. The predicted octanol–water partition coefficient (Wildman–Crippen LogP) is 3.85. The molecule has 1 aromatic heterocycles. The zero-order valence-electron chi connectivity index (χ0n) is 13.5. The van der Waals surface area contributed by atoms with Gasteiger partial charge in [0.2, 0.25) is 5.91 Å². The standard InChI is InChI=1S/C18H22ClN3O/c1-18(2)12-13(17(23)21-18)7-8-20-14-5-6-16(15(19)11-14)22-9-3-4-10-22/h3-6,9-11,13,20H,7-8,12H2,1-2H3,(H,21,23). The summed E-state index contributed by atoms with van der Waals surface area (Å²) in [6, 6.07) is 9.87. The quantitative estimate of drug-likeness (QED) is 0.874. The fraction of sp³-hybridized carbons (Fsp3) is 0.389. The van der Waals surface area contributed by atoms with Crippen LogP contribution in [0.3, 0.4) is 0 Å². The molecule has 0 spiro atoms. The second-order valence-corrected chi connectivity index (χ2v) is 7.15. The van der Waals surface area contributed by atoms with Gasteiger partial charge in [-0.05, 0) is 57.0 Å². The molecule has 2 heterocycles. The Morgan fingerprint density at radius 2 is 2.09 bits per heavy atom. The fourth-order valence-electron chi connectivity index (χ4n) is 3.14. The molecule has 1 fully saturated rings. The number of anilines is 1. The fourth-order valence-corrected chi connectivity index (χ4v) is 3.42. The first-order chi connectivity index (χ1) is 10.9. The molecule has 1 aromatic carbocycles. The minimum atomic E-state index is -0.0799. The summed E-state index contributed by atoms with van der Waals surface area (Å²) in [5.74, 6) is 0.255. The molecular formula is C18H22ClN3O. The van der Waals surface area contributed by atoms with Crippen LogP contribution in [0.25, 0.3) is 5.69 Å². The number of aromatic nitrogens is 1. The minimum Gasteiger partial charge on any atom is -0.385 e. The second kappa shape index (κ2) is 6.28. The van der Waals surface area contributed by atoms with E-state index in [-0.39, 0.29) is 17.4 Å². The first-order valence-corrected chi connectivity index (χ1v) is 8.31. The predicted molar refractivity (Wildman–Crippen MR) is 94.2 cm³/mol. The molecule has 0 bridgehead atoms. The molecule has 5 heteroatoms. The van der Waals surface area contributed by atoms with Gasteiger partial charge in [-0.2, -0.15) is 0 Å². The van der Waals surface area contributed by atoms with Crippen LogP contribution in [0.5, 0.6) is 0 Å². The lowest BCUT2D eigenvalue weighted by Gasteiger charge is -2.16. The van der Waals surface area contributed by atoms with Gasteiger partial charge < -0.3 is 15.2 Å². The largest absolute Gasteiger partial charge is 0.385 e. The summed E-state index contributed by atoms with van der Waals surface area (Å²) in [5.41, 5.74) is 1.85. The molecule has 23 heavy (non-hydrogen) atoms. The number of amides is 1. The summed E-state index contributed by atoms with van der Waals surface area (Å²) in [6.45, 7) is 4.89. The van der Waals surface area contributed by atoms with E-state index in [9.17, 15) is 4.79 Å². The highest BCUT2D eigenvalue weighted by molar-refractivity contribution is 6.32. The highest BCUT2D eigenvalue weighted by atomic mass is 35.5. The molecule has 0 radical (unpaired) electrons. The van der Waals surface area contributed by atoms with Crippen molar-refractivity contribution >= 4 is 23.2 Å². The monoisotopic (exact) mass is 331 g/mol. The van der Waals surface area contributed by atoms with Crippen LogP contribution in [-0.4, -0.2) is 22.6 Å². The van der Waals surface area contributed by atoms with Gasteiger partial charge in [-0.3, -0.25) is 4.79 Å². The third kappa shape index (κ3) is 3.70. The van der Waals surface area contributed by atoms with Crippen molar-refractivity contribution in [3.05, 3.63) is 47.7 Å². The van der Waals surface area contributed by atoms with Crippen LogP contribution < -0.4 is 10.6 Å². The first-order valence-electron chi connectivity index (χ1n) is 7.93. The van der Waals surface area contributed by atoms with E-state index >= 15 is 0 Å². The maximum absolute atomic E-state index is 11.9. The van der Waals surface area contributed by atoms with Gasteiger partial charge in [0.25, 0.3) is 0 Å². The van der Waals surface area contributed by atoms with E-state index in [1.165, 1.54) is 0 Å². The Labute approximate surface area is 141 Å². The van der Waals surface area contributed by atoms with Crippen LogP contribution in [0.15, 0.2) is 42.7 Å². The van der Waals surface area contributed by atoms with E-state index in [4.69, 9.17) is 11.6 Å². The van der Waals surface area contributed by atoms with E-state index in [0.29, 0.717) is 5.02 Å². The molecular weight excluding hydrogens is 310 g/mol. The van der Waals surface area contributed by atoms with E-state index in [0.717, 1.165) is 30.8 Å². The lowest BCUT2D eigenvalue weighted by molar-refractivity contribution is -0.122. The third-order valence-corrected chi connectivity index (χ3v) is 4.54. The summed E-state index contributed by atoms with van der Waals surface area (Å²) in [6.07, 6.45) is 5.65. The number of carbonyl (C=O) groups is 1. The van der Waals surface area contributed by atoms with Gasteiger partial charge in [-0.15, -0.1) is 0 Å². The number of hydrogen-bond donors (Lipinski definition) is 2. The molecule has 2 aromatic rings. The smallest absolute Gasteiger partial charge is 0.223 e. The molecule has 2 N–H and O–H groups in total. The Hall–Kier alpha value is -1.94. The zero-order valence-corrected chi connectivity index (χ0v) is 14.2. The van der Waals surface area contributed by atoms with Crippen molar-refractivity contribution in [2.24, 2.45) is 5.92 Å². The number of nitrogens with zero attached hydrogens (tertiary/aromatic N) is 1. The van der Waals surface area contributed by atoms with Crippen molar-refractivity contribution in [2.75, 3.05) is 11.9 Å². The number of hydrogen-bond acceptors (Lipinski definition) is 2. The molecule has 4 nitrogen and oxygen atoms in total. The number of benzene rings is 1. The summed E-state index contributed by atoms with van der Waals surface area (Å²) < 4.78 is 1.98. The summed E-state index contributed by atoms with van der Waals surface area (Å²) in [5, 5.41) is 7.09. The average molecular weight is 332 g/mol. The second-order valence-electron chi connectivity index (χ2n) is 6.75. The molecule has 3 rings (SSSR count). The average Bonchev–Trinajstić information content (AvgIpc) is 3.07. The topological polar surface area (TPSA) is 46.1 Å². The van der Waals surface area contributed by atoms with Gasteiger partial charge in [-0.25, -0.2) is 0 Å². The van der Waals surface area contributed by atoms with Gasteiger partial charge in [0.05, 0.1) is 10.7 Å². The number of rotatable bonds is 5. The molecule has 1 atom stereocenters. The van der Waals surface area contributed by atoms with E-state index in [2.05, 4.69) is 24.5 Å². The molecule has 1 saturated heterocycles. The van der Waals surface area contributed by atoms with E-state index < -0.39 is 0 Å². The Morgan fingerprint density at radius 1 is 1.35 bits per heavy atom. The van der Waals surface area contributed by atoms with Crippen LogP contribution in [-0.2, 0) is 4.79 Å². The van der Waals surface area contributed by atoms with Crippen molar-refractivity contribution in [1.29, 1.82) is 0 Å². The molecule has 1 amide bonds. The Morgan fingerprint density at radius 3 is 2.70 bits per heavy atom. The van der Waals surface area contributed by atoms with E-state index in [1.54, 1.807) is 0 Å². The molecule has 1 aliphatic heterocycles. The molecule has 122 valence electrons. The number of carbonyl (C=O) groups excluding carboxylic acids is 1. The van der Waals surface area contributed by atoms with Crippen molar-refractivity contribution in [3.63, 3.8) is 0 Å². The zero-order chi connectivity index (χ0) is 16.4. The van der Waals surface area contributed by atoms with Crippen LogP contribution in [0, 0.1) is 5.92 Å². The van der Waals surface area contributed by atoms with Crippen LogP contribution in [0.1, 0.15) is 26.7 Å². The van der Waals surface area contributed by atoms with E-state index in [1.807, 2.05) is 47.3 Å². The van der Waals surface area contributed by atoms with Crippen molar-refractivity contribution < 1.29 is 4.79 Å². The van der Waals surface area contributed by atoms with Gasteiger partial charge in [0, 0.05) is 36.1 Å². The Kier molecular flexibility index (Phi) is 4.35. The first kappa shape index (κ1) is 15.9. The van der Waals surface area contributed by atoms with Crippen molar-refractivity contribution in [2.45, 2.75) is 32.2 Å². The highest BCUT2D eigenvalue weighted by Crippen LogP contribution is 2.28. The molecule has 0 aliphatic carbocycles. The van der Waals surface area contributed by atoms with Crippen LogP contribution in [0.2, 0.25) is 5.02 Å². The molecule has 1 unspecified atom stereocenters. The van der Waals surface area contributed by atoms with Crippen molar-refractivity contribution in [3.8, 4) is 5.69 Å². The number of nitrogens with one attached hydrogen (secondary N) is 2. The normalized spacial score (nSPS) is 19.6. The Balaban J connectivity index is 1.57. The lowest BCUT2D eigenvalue weighted by Crippen LogP contribution is -2.34. The Bertz CT molecular complexity index is 694. The van der Waals surface area contributed by atoms with Crippen LogP contribution >= 0.6 is 11.6 Å². The van der Waals surface area contributed by atoms with Gasteiger partial charge in [-0.1, -0.05) is 11.6 Å². The highest BCUT2D eigenvalue weighted by Gasteiger charge is 2.36. The van der Waals surface area contributed by atoms with Gasteiger partial charge >= 0.3 is 0 Å². The minimum absolute atomic E-state index is 0.0799. The number of halogens is 1. The third-order valence-electron chi connectivity index (χ3n) is 4.24. The lowest BCUT2D eigenvalue weighted by atomic mass is 9.94. The maximum atomic E-state index is 11.9. The SMILES string of the molecule is CC1(C)CC(CCNc2ccc(-n3cccc3)c(Cl)c2)C(=O)N1. The van der Waals surface area contributed by atoms with Gasteiger partial charge in [0.1, 0.15) is 0 Å². The van der Waals surface area contributed by atoms with Gasteiger partial charge in [0.15, 0.2) is 0 Å².